The van der Waals surface area contributed by atoms with Crippen molar-refractivity contribution in [1.29, 1.82) is 0 Å². The molecule has 33 heavy (non-hydrogen) atoms. The van der Waals surface area contributed by atoms with E-state index in [1.807, 2.05) is 45.9 Å². The fourth-order valence-corrected chi connectivity index (χ4v) is 6.57. The molecule has 0 atom stereocenters. The van der Waals surface area contributed by atoms with Crippen LogP contribution in [0, 0.1) is 0 Å². The van der Waals surface area contributed by atoms with E-state index >= 15 is 0 Å². The molecule has 2 aromatic rings. The Morgan fingerprint density at radius 2 is 1.67 bits per heavy atom. The van der Waals surface area contributed by atoms with E-state index < -0.39 is 26.0 Å². The number of rotatable bonds is 8. The molecule has 0 aliphatic carbocycles. The predicted molar refractivity (Wildman–Crippen MR) is 129 cm³/mol. The summed E-state index contributed by atoms with van der Waals surface area (Å²) >= 11 is 0. The molecule has 1 heterocycles. The molecule has 0 spiro atoms. The van der Waals surface area contributed by atoms with Crippen molar-refractivity contribution in [3.63, 3.8) is 0 Å². The first-order valence-electron chi connectivity index (χ1n) is 10.9. The SMILES string of the molecule is CCOc1ccc(N2C(=O)CCS2(=O)=O)cc1S(=O)(=O)Nc1c(C(C)C)cccc1C(C)C. The molecule has 1 aliphatic rings. The van der Waals surface area contributed by atoms with Crippen molar-refractivity contribution in [2.24, 2.45) is 0 Å². The van der Waals surface area contributed by atoms with Crippen LogP contribution in [0.15, 0.2) is 41.3 Å². The van der Waals surface area contributed by atoms with Gasteiger partial charge >= 0.3 is 0 Å². The van der Waals surface area contributed by atoms with Gasteiger partial charge in [-0.2, -0.15) is 0 Å². The maximum Gasteiger partial charge on any atom is 0.265 e. The molecule has 3 rings (SSSR count). The Labute approximate surface area is 196 Å². The van der Waals surface area contributed by atoms with E-state index in [0.717, 1.165) is 11.1 Å². The number of amides is 1. The van der Waals surface area contributed by atoms with E-state index in [1.165, 1.54) is 18.2 Å². The van der Waals surface area contributed by atoms with Gasteiger partial charge in [-0.1, -0.05) is 45.9 Å². The van der Waals surface area contributed by atoms with Gasteiger partial charge in [-0.25, -0.2) is 21.1 Å². The molecular formula is C23H30N2O6S2. The Kier molecular flexibility index (Phi) is 7.09. The summed E-state index contributed by atoms with van der Waals surface area (Å²) in [6, 6.07) is 9.60. The molecule has 0 aromatic heterocycles. The lowest BCUT2D eigenvalue weighted by Gasteiger charge is -2.22. The van der Waals surface area contributed by atoms with Gasteiger partial charge in [0.1, 0.15) is 10.6 Å². The molecule has 0 unspecified atom stereocenters. The molecule has 0 radical (unpaired) electrons. The molecule has 1 saturated heterocycles. The minimum absolute atomic E-state index is 0.0254. The van der Waals surface area contributed by atoms with Gasteiger partial charge in [-0.15, -0.1) is 0 Å². The van der Waals surface area contributed by atoms with Crippen molar-refractivity contribution in [3.8, 4) is 5.75 Å². The summed E-state index contributed by atoms with van der Waals surface area (Å²) in [6.07, 6.45) is -0.143. The van der Waals surface area contributed by atoms with Gasteiger partial charge in [0.05, 0.1) is 23.7 Å². The van der Waals surface area contributed by atoms with Gasteiger partial charge in [0.15, 0.2) is 0 Å². The summed E-state index contributed by atoms with van der Waals surface area (Å²) < 4.78 is 60.9. The first-order chi connectivity index (χ1) is 15.4. The highest BCUT2D eigenvalue weighted by Crippen LogP contribution is 2.37. The Morgan fingerprint density at radius 3 is 2.15 bits per heavy atom. The first-order valence-corrected chi connectivity index (χ1v) is 14.0. The highest BCUT2D eigenvalue weighted by Gasteiger charge is 2.37. The highest BCUT2D eigenvalue weighted by atomic mass is 32.2. The largest absolute Gasteiger partial charge is 0.492 e. The second-order valence-corrected chi connectivity index (χ2v) is 12.1. The Bertz CT molecular complexity index is 1240. The van der Waals surface area contributed by atoms with Crippen LogP contribution in [0.25, 0.3) is 0 Å². The highest BCUT2D eigenvalue weighted by molar-refractivity contribution is 7.94. The summed E-state index contributed by atoms with van der Waals surface area (Å²) in [6.45, 7) is 9.85. The van der Waals surface area contributed by atoms with Gasteiger partial charge in [0.2, 0.25) is 15.9 Å². The first kappa shape index (κ1) is 25.0. The number of nitrogens with zero attached hydrogens (tertiary/aromatic N) is 1. The van der Waals surface area contributed by atoms with Crippen LogP contribution < -0.4 is 13.8 Å². The Balaban J connectivity index is 2.17. The van der Waals surface area contributed by atoms with E-state index in [-0.39, 0.29) is 46.9 Å². The molecule has 1 fully saturated rings. The minimum Gasteiger partial charge on any atom is -0.492 e. The van der Waals surface area contributed by atoms with Crippen LogP contribution in [0.4, 0.5) is 11.4 Å². The third kappa shape index (κ3) is 5.01. The zero-order valence-electron chi connectivity index (χ0n) is 19.5. The maximum absolute atomic E-state index is 13.6. The van der Waals surface area contributed by atoms with Gasteiger partial charge < -0.3 is 4.74 Å². The number of benzene rings is 2. The summed E-state index contributed by atoms with van der Waals surface area (Å²) in [5.41, 5.74) is 2.16. The maximum atomic E-state index is 13.6. The second-order valence-electron chi connectivity index (χ2n) is 8.51. The topological polar surface area (TPSA) is 110 Å². The van der Waals surface area contributed by atoms with Crippen molar-refractivity contribution >= 4 is 37.3 Å². The number of ether oxygens (including phenoxy) is 1. The van der Waals surface area contributed by atoms with Crippen molar-refractivity contribution in [3.05, 3.63) is 47.5 Å². The van der Waals surface area contributed by atoms with Crippen LogP contribution in [0.5, 0.6) is 5.75 Å². The predicted octanol–water partition coefficient (Wildman–Crippen LogP) is 4.20. The quantitative estimate of drug-likeness (QED) is 0.589. The number of hydrogen-bond acceptors (Lipinski definition) is 6. The molecule has 1 aliphatic heterocycles. The molecule has 8 nitrogen and oxygen atoms in total. The van der Waals surface area contributed by atoms with E-state index in [9.17, 15) is 21.6 Å². The van der Waals surface area contributed by atoms with E-state index in [0.29, 0.717) is 9.99 Å². The smallest absolute Gasteiger partial charge is 0.265 e. The monoisotopic (exact) mass is 494 g/mol. The number of nitrogens with one attached hydrogen (secondary N) is 1. The van der Waals surface area contributed by atoms with Crippen LogP contribution in [-0.4, -0.2) is 35.1 Å². The molecule has 0 saturated carbocycles. The minimum atomic E-state index is -4.19. The summed E-state index contributed by atoms with van der Waals surface area (Å²) in [5, 5.41) is 0. The molecular weight excluding hydrogens is 464 g/mol. The van der Waals surface area contributed by atoms with Crippen LogP contribution in [0.3, 0.4) is 0 Å². The number of para-hydroxylation sites is 1. The number of anilines is 2. The number of sulfonamides is 2. The lowest BCUT2D eigenvalue weighted by Crippen LogP contribution is -2.29. The van der Waals surface area contributed by atoms with Crippen molar-refractivity contribution in [1.82, 2.24) is 0 Å². The van der Waals surface area contributed by atoms with Crippen molar-refractivity contribution in [2.75, 3.05) is 21.4 Å². The van der Waals surface area contributed by atoms with Crippen LogP contribution in [-0.2, 0) is 24.8 Å². The lowest BCUT2D eigenvalue weighted by molar-refractivity contribution is -0.116. The van der Waals surface area contributed by atoms with Gasteiger partial charge in [0.25, 0.3) is 10.0 Å². The number of hydrogen-bond donors (Lipinski definition) is 1. The van der Waals surface area contributed by atoms with E-state index in [1.54, 1.807) is 6.92 Å². The van der Waals surface area contributed by atoms with Crippen molar-refractivity contribution < 1.29 is 26.4 Å². The van der Waals surface area contributed by atoms with E-state index in [4.69, 9.17) is 4.74 Å². The van der Waals surface area contributed by atoms with Gasteiger partial charge in [-0.05, 0) is 48.1 Å². The average molecular weight is 495 g/mol. The summed E-state index contributed by atoms with van der Waals surface area (Å²) in [7, 11) is -8.04. The molecule has 180 valence electrons. The lowest BCUT2D eigenvalue weighted by atomic mass is 9.93. The Hall–Kier alpha value is -2.59. The molecule has 2 aromatic carbocycles. The number of carbonyl (C=O) groups is 1. The standard InChI is InChI=1S/C23H30N2O6S2/c1-6-31-20-11-10-17(25-22(26)12-13-32(25,27)28)14-21(20)33(29,30)24-23-18(15(2)3)8-7-9-19(23)16(4)5/h7-11,14-16,24H,6,12-13H2,1-5H3. The average Bonchev–Trinajstić information content (AvgIpc) is 3.00. The molecule has 1 amide bonds. The molecule has 1 N–H and O–H groups in total. The Morgan fingerprint density at radius 1 is 1.06 bits per heavy atom. The number of carbonyl (C=O) groups excluding carboxylic acids is 1. The zero-order valence-corrected chi connectivity index (χ0v) is 21.1. The van der Waals surface area contributed by atoms with Gasteiger partial charge in [0, 0.05) is 6.42 Å². The molecule has 10 heteroatoms. The van der Waals surface area contributed by atoms with E-state index in [2.05, 4.69) is 4.72 Å². The zero-order chi connectivity index (χ0) is 24.6. The van der Waals surface area contributed by atoms with Gasteiger partial charge in [-0.3, -0.25) is 9.52 Å². The van der Waals surface area contributed by atoms with Crippen LogP contribution >= 0.6 is 0 Å². The normalized spacial score (nSPS) is 16.0. The van der Waals surface area contributed by atoms with Crippen molar-refractivity contribution in [2.45, 2.75) is 57.8 Å². The molecule has 0 bridgehead atoms. The van der Waals surface area contributed by atoms with Crippen LogP contribution in [0.1, 0.15) is 64.0 Å². The van der Waals surface area contributed by atoms with Crippen LogP contribution in [0.2, 0.25) is 0 Å². The third-order valence-corrected chi connectivity index (χ3v) is 8.50. The third-order valence-electron chi connectivity index (χ3n) is 5.44. The second kappa shape index (κ2) is 9.34. The fraction of sp³-hybridized carbons (Fsp3) is 0.435. The summed E-state index contributed by atoms with van der Waals surface area (Å²) in [4.78, 5) is 12.0. The fourth-order valence-electron chi connectivity index (χ4n) is 3.83. The summed E-state index contributed by atoms with van der Waals surface area (Å²) in [5.74, 6) is -0.703.